The number of benzene rings is 2. The molecule has 4 fully saturated rings. The first-order valence-electron chi connectivity index (χ1n) is 12.0. The molecule has 0 spiro atoms. The number of ether oxygens (including phenoxy) is 6. The maximum atomic E-state index is 6.22. The Morgan fingerprint density at radius 1 is 0.697 bits per heavy atom. The monoisotopic (exact) mass is 452 g/mol. The van der Waals surface area contributed by atoms with Crippen molar-refractivity contribution in [2.75, 3.05) is 39.6 Å². The fourth-order valence-corrected chi connectivity index (χ4v) is 4.50. The summed E-state index contributed by atoms with van der Waals surface area (Å²) in [5.41, 5.74) is 5.01. The lowest BCUT2D eigenvalue weighted by Crippen LogP contribution is -2.23. The maximum absolute atomic E-state index is 6.22. The molecule has 4 saturated heterocycles. The minimum atomic E-state index is -0.181. The molecule has 176 valence electrons. The molecule has 6 nitrogen and oxygen atoms in total. The lowest BCUT2D eigenvalue weighted by molar-refractivity contribution is 0.260. The number of rotatable bonds is 12. The van der Waals surface area contributed by atoms with Gasteiger partial charge in [-0.3, -0.25) is 0 Å². The van der Waals surface area contributed by atoms with Crippen LogP contribution >= 0.6 is 0 Å². The summed E-state index contributed by atoms with van der Waals surface area (Å²) in [6.07, 6.45) is 2.85. The van der Waals surface area contributed by atoms with Crippen LogP contribution in [0.15, 0.2) is 36.4 Å². The normalized spacial score (nSPS) is 27.2. The molecule has 6 heteroatoms. The van der Waals surface area contributed by atoms with Crippen molar-refractivity contribution in [2.24, 2.45) is 0 Å². The van der Waals surface area contributed by atoms with Crippen molar-refractivity contribution in [3.8, 4) is 11.5 Å². The van der Waals surface area contributed by atoms with E-state index in [1.165, 1.54) is 22.3 Å². The Bertz CT molecular complexity index is 984. The predicted octanol–water partition coefficient (Wildman–Crippen LogP) is 3.45. The van der Waals surface area contributed by atoms with Gasteiger partial charge in [0.25, 0.3) is 0 Å². The largest absolute Gasteiger partial charge is 0.491 e. The SMILES string of the molecule is CC(C)(c1ccc(OCC2CO2)cc1)c1ccc(OCC2CO2)c(CC2CO2)c1CC1CO1. The van der Waals surface area contributed by atoms with Crippen LogP contribution in [0.5, 0.6) is 11.5 Å². The van der Waals surface area contributed by atoms with Gasteiger partial charge in [0, 0.05) is 23.8 Å². The average Bonchev–Trinajstić information content (AvgIpc) is 3.62. The molecule has 33 heavy (non-hydrogen) atoms. The van der Waals surface area contributed by atoms with Crippen molar-refractivity contribution in [3.05, 3.63) is 58.7 Å². The van der Waals surface area contributed by atoms with E-state index >= 15 is 0 Å². The summed E-state index contributed by atoms with van der Waals surface area (Å²) in [6.45, 7) is 9.07. The highest BCUT2D eigenvalue weighted by atomic mass is 16.6. The highest BCUT2D eigenvalue weighted by molar-refractivity contribution is 5.52. The molecule has 0 aliphatic carbocycles. The van der Waals surface area contributed by atoms with E-state index in [0.717, 1.165) is 50.8 Å². The van der Waals surface area contributed by atoms with Gasteiger partial charge in [-0.15, -0.1) is 0 Å². The van der Waals surface area contributed by atoms with Gasteiger partial charge in [0.15, 0.2) is 0 Å². The molecular weight excluding hydrogens is 420 g/mol. The van der Waals surface area contributed by atoms with Gasteiger partial charge in [-0.1, -0.05) is 32.0 Å². The first-order valence-corrected chi connectivity index (χ1v) is 12.0. The Labute approximate surface area is 195 Å². The second-order valence-corrected chi connectivity index (χ2v) is 10.1. The zero-order valence-corrected chi connectivity index (χ0v) is 19.4. The van der Waals surface area contributed by atoms with Gasteiger partial charge in [-0.25, -0.2) is 0 Å². The van der Waals surface area contributed by atoms with Gasteiger partial charge in [0.2, 0.25) is 0 Å². The number of hydrogen-bond acceptors (Lipinski definition) is 6. The van der Waals surface area contributed by atoms with E-state index in [-0.39, 0.29) is 23.7 Å². The predicted molar refractivity (Wildman–Crippen MR) is 122 cm³/mol. The van der Waals surface area contributed by atoms with E-state index in [1.54, 1.807) is 0 Å². The van der Waals surface area contributed by atoms with Gasteiger partial charge >= 0.3 is 0 Å². The lowest BCUT2D eigenvalue weighted by atomic mass is 9.74. The molecule has 2 aromatic rings. The molecule has 4 heterocycles. The molecule has 0 N–H and O–H groups in total. The molecule has 0 radical (unpaired) electrons. The summed E-state index contributed by atoms with van der Waals surface area (Å²) in [4.78, 5) is 0. The molecule has 0 aromatic heterocycles. The summed E-state index contributed by atoms with van der Waals surface area (Å²) in [5.74, 6) is 1.84. The maximum Gasteiger partial charge on any atom is 0.123 e. The van der Waals surface area contributed by atoms with Gasteiger partial charge in [-0.2, -0.15) is 0 Å². The van der Waals surface area contributed by atoms with Crippen LogP contribution in [0.4, 0.5) is 0 Å². The first kappa shape index (κ1) is 21.4. The van der Waals surface area contributed by atoms with Crippen molar-refractivity contribution in [1.29, 1.82) is 0 Å². The van der Waals surface area contributed by atoms with Crippen molar-refractivity contribution >= 4 is 0 Å². The van der Waals surface area contributed by atoms with E-state index in [9.17, 15) is 0 Å². The molecule has 4 aliphatic heterocycles. The van der Waals surface area contributed by atoms with Crippen molar-refractivity contribution in [1.82, 2.24) is 0 Å². The van der Waals surface area contributed by atoms with E-state index in [1.807, 2.05) is 0 Å². The van der Waals surface area contributed by atoms with E-state index < -0.39 is 0 Å². The average molecular weight is 453 g/mol. The Morgan fingerprint density at radius 3 is 1.82 bits per heavy atom. The van der Waals surface area contributed by atoms with Crippen LogP contribution in [0.1, 0.15) is 36.1 Å². The van der Waals surface area contributed by atoms with Crippen LogP contribution in [0.3, 0.4) is 0 Å². The Balaban J connectivity index is 1.31. The van der Waals surface area contributed by atoms with Gasteiger partial charge in [-0.05, 0) is 34.9 Å². The van der Waals surface area contributed by atoms with Crippen molar-refractivity contribution < 1.29 is 28.4 Å². The molecule has 6 rings (SSSR count). The fourth-order valence-electron chi connectivity index (χ4n) is 4.50. The zero-order chi connectivity index (χ0) is 22.4. The highest BCUT2D eigenvalue weighted by Gasteiger charge is 2.35. The third-order valence-electron chi connectivity index (χ3n) is 6.97. The molecule has 4 aliphatic rings. The third kappa shape index (κ3) is 5.19. The minimum absolute atomic E-state index is 0.181. The summed E-state index contributed by atoms with van der Waals surface area (Å²) in [5, 5.41) is 0. The van der Waals surface area contributed by atoms with Gasteiger partial charge < -0.3 is 28.4 Å². The van der Waals surface area contributed by atoms with Crippen LogP contribution in [-0.4, -0.2) is 64.1 Å². The summed E-state index contributed by atoms with van der Waals surface area (Å²) in [6, 6.07) is 12.9. The highest BCUT2D eigenvalue weighted by Crippen LogP contribution is 2.41. The van der Waals surface area contributed by atoms with Crippen LogP contribution in [0.2, 0.25) is 0 Å². The van der Waals surface area contributed by atoms with Crippen LogP contribution < -0.4 is 9.47 Å². The van der Waals surface area contributed by atoms with E-state index in [0.29, 0.717) is 19.3 Å². The smallest absolute Gasteiger partial charge is 0.123 e. The lowest BCUT2D eigenvalue weighted by Gasteiger charge is -2.31. The second-order valence-electron chi connectivity index (χ2n) is 10.1. The number of hydrogen-bond donors (Lipinski definition) is 0. The Kier molecular flexibility index (Phi) is 5.57. The van der Waals surface area contributed by atoms with Crippen molar-refractivity contribution in [2.45, 2.75) is 56.5 Å². The van der Waals surface area contributed by atoms with Crippen LogP contribution in [0.25, 0.3) is 0 Å². The summed E-state index contributed by atoms with van der Waals surface area (Å²) in [7, 11) is 0. The molecule has 0 bridgehead atoms. The first-order chi connectivity index (χ1) is 16.1. The topological polar surface area (TPSA) is 68.6 Å². The Morgan fingerprint density at radius 2 is 1.24 bits per heavy atom. The Hall–Kier alpha value is -2.12. The van der Waals surface area contributed by atoms with Crippen LogP contribution in [0, 0.1) is 0 Å². The van der Waals surface area contributed by atoms with Crippen molar-refractivity contribution in [3.63, 3.8) is 0 Å². The third-order valence-corrected chi connectivity index (χ3v) is 6.97. The summed E-state index contributed by atoms with van der Waals surface area (Å²) >= 11 is 0. The minimum Gasteiger partial charge on any atom is -0.491 e. The zero-order valence-electron chi connectivity index (χ0n) is 19.4. The summed E-state index contributed by atoms with van der Waals surface area (Å²) < 4.78 is 33.9. The molecule has 4 atom stereocenters. The van der Waals surface area contributed by atoms with Gasteiger partial charge in [0.1, 0.15) is 36.9 Å². The quantitative estimate of drug-likeness (QED) is 0.460. The fraction of sp³-hybridized carbons (Fsp3) is 0.556. The van der Waals surface area contributed by atoms with Crippen LogP contribution in [-0.2, 0) is 37.2 Å². The standard InChI is InChI=1S/C27H32O6/c1-27(2,17-3-5-18(6-4-17)28-13-21-14-31-21)25-7-8-26(33-16-22-15-32-22)24(10-20-12-30-20)23(25)9-19-11-29-19/h3-8,19-22H,9-16H2,1-2H3. The molecule has 0 amide bonds. The number of epoxide rings is 4. The molecule has 2 aromatic carbocycles. The van der Waals surface area contributed by atoms with E-state index in [4.69, 9.17) is 28.4 Å². The molecular formula is C27H32O6. The van der Waals surface area contributed by atoms with Gasteiger partial charge in [0.05, 0.1) is 38.6 Å². The molecule has 0 saturated carbocycles. The van der Waals surface area contributed by atoms with E-state index in [2.05, 4.69) is 50.2 Å². The molecule has 4 unspecified atom stereocenters. The second kappa shape index (κ2) is 8.58.